The van der Waals surface area contributed by atoms with E-state index >= 15 is 0 Å². The molecule has 0 saturated carbocycles. The van der Waals surface area contributed by atoms with Crippen LogP contribution in [0.1, 0.15) is 15.9 Å². The van der Waals surface area contributed by atoms with E-state index in [-0.39, 0.29) is 18.7 Å². The van der Waals surface area contributed by atoms with Crippen LogP contribution in [0.5, 0.6) is 5.88 Å². The number of benzene rings is 1. The predicted octanol–water partition coefficient (Wildman–Crippen LogP) is 2.33. The molecule has 1 amide bonds. The molecule has 152 valence electrons. The lowest BCUT2D eigenvalue weighted by atomic mass is 10.2. The highest BCUT2D eigenvalue weighted by molar-refractivity contribution is 7.92. The Labute approximate surface area is 159 Å². The summed E-state index contributed by atoms with van der Waals surface area (Å²) in [6.45, 7) is 0.677. The standard InChI is InChI=1S/C17H17F3N2O5S/c1-26-9-10-27-16-13(3-2-8-21-16)11-22-15(23)12-4-6-14(7-5-12)28(24,25)17(18,19)20/h2-8H,9-11H2,1H3,(H,22,23). The number of amides is 1. The van der Waals surface area contributed by atoms with Gasteiger partial charge in [-0.2, -0.15) is 13.2 Å². The molecule has 0 radical (unpaired) electrons. The van der Waals surface area contributed by atoms with E-state index in [0.29, 0.717) is 18.1 Å². The van der Waals surface area contributed by atoms with Crippen molar-refractivity contribution in [2.45, 2.75) is 16.9 Å². The van der Waals surface area contributed by atoms with Crippen molar-refractivity contribution < 1.29 is 35.9 Å². The first-order valence-corrected chi connectivity index (χ1v) is 9.40. The van der Waals surface area contributed by atoms with Crippen LogP contribution >= 0.6 is 0 Å². The zero-order valence-corrected chi connectivity index (χ0v) is 15.5. The summed E-state index contributed by atoms with van der Waals surface area (Å²) in [5.41, 5.74) is -4.81. The zero-order valence-electron chi connectivity index (χ0n) is 14.7. The molecule has 1 N–H and O–H groups in total. The predicted molar refractivity (Wildman–Crippen MR) is 92.5 cm³/mol. The van der Waals surface area contributed by atoms with Gasteiger partial charge in [-0.3, -0.25) is 4.79 Å². The molecule has 0 unspecified atom stereocenters. The van der Waals surface area contributed by atoms with Crippen LogP contribution < -0.4 is 10.1 Å². The maximum absolute atomic E-state index is 12.5. The Bertz CT molecular complexity index is 915. The fourth-order valence-electron chi connectivity index (χ4n) is 2.11. The highest BCUT2D eigenvalue weighted by Crippen LogP contribution is 2.30. The SMILES string of the molecule is COCCOc1ncccc1CNC(=O)c1ccc(S(=O)(=O)C(F)(F)F)cc1. The van der Waals surface area contributed by atoms with Gasteiger partial charge >= 0.3 is 5.51 Å². The lowest BCUT2D eigenvalue weighted by molar-refractivity contribution is -0.0436. The van der Waals surface area contributed by atoms with E-state index in [1.807, 2.05) is 0 Å². The number of carbonyl (C=O) groups is 1. The molecule has 1 aromatic carbocycles. The van der Waals surface area contributed by atoms with Crippen molar-refractivity contribution in [3.05, 3.63) is 53.7 Å². The van der Waals surface area contributed by atoms with Crippen LogP contribution in [0.25, 0.3) is 0 Å². The molecule has 2 rings (SSSR count). The quantitative estimate of drug-likeness (QED) is 0.662. The maximum atomic E-state index is 12.5. The normalized spacial score (nSPS) is 11.9. The van der Waals surface area contributed by atoms with E-state index in [2.05, 4.69) is 10.3 Å². The molecule has 0 bridgehead atoms. The molecule has 0 aliphatic carbocycles. The fraction of sp³-hybridized carbons (Fsp3) is 0.294. The molecule has 11 heteroatoms. The van der Waals surface area contributed by atoms with Gasteiger partial charge in [0.25, 0.3) is 15.7 Å². The van der Waals surface area contributed by atoms with Crippen LogP contribution in [0.2, 0.25) is 0 Å². The van der Waals surface area contributed by atoms with Gasteiger partial charge in [0.2, 0.25) is 5.88 Å². The molecule has 0 aliphatic rings. The second kappa shape index (κ2) is 9.02. The molecular formula is C17H17F3N2O5S. The lowest BCUT2D eigenvalue weighted by Crippen LogP contribution is -2.25. The number of pyridine rings is 1. The van der Waals surface area contributed by atoms with Crippen molar-refractivity contribution >= 4 is 15.7 Å². The fourth-order valence-corrected chi connectivity index (χ4v) is 2.87. The summed E-state index contributed by atoms with van der Waals surface area (Å²) < 4.78 is 70.6. The lowest BCUT2D eigenvalue weighted by Gasteiger charge is -2.11. The molecule has 28 heavy (non-hydrogen) atoms. The van der Waals surface area contributed by atoms with Crippen LogP contribution in [-0.4, -0.2) is 45.1 Å². The Morgan fingerprint density at radius 2 is 1.82 bits per heavy atom. The van der Waals surface area contributed by atoms with Crippen LogP contribution in [0, 0.1) is 0 Å². The van der Waals surface area contributed by atoms with Gasteiger partial charge < -0.3 is 14.8 Å². The summed E-state index contributed by atoms with van der Waals surface area (Å²) >= 11 is 0. The average molecular weight is 418 g/mol. The summed E-state index contributed by atoms with van der Waals surface area (Å²) in [4.78, 5) is 15.3. The number of aromatic nitrogens is 1. The first-order valence-electron chi connectivity index (χ1n) is 7.92. The summed E-state index contributed by atoms with van der Waals surface area (Å²) in [5.74, 6) is -0.283. The summed E-state index contributed by atoms with van der Waals surface area (Å²) in [6.07, 6.45) is 1.52. The van der Waals surface area contributed by atoms with Gasteiger partial charge in [-0.1, -0.05) is 6.07 Å². The molecular weight excluding hydrogens is 401 g/mol. The first kappa shape index (κ1) is 21.6. The van der Waals surface area contributed by atoms with Gasteiger partial charge in [0.15, 0.2) is 0 Å². The maximum Gasteiger partial charge on any atom is 0.501 e. The number of nitrogens with zero attached hydrogens (tertiary/aromatic N) is 1. The van der Waals surface area contributed by atoms with E-state index < -0.39 is 26.1 Å². The summed E-state index contributed by atoms with van der Waals surface area (Å²) in [7, 11) is -3.94. The van der Waals surface area contributed by atoms with Crippen LogP contribution in [0.3, 0.4) is 0 Å². The van der Waals surface area contributed by atoms with Gasteiger partial charge in [-0.05, 0) is 30.3 Å². The third-order valence-corrected chi connectivity index (χ3v) is 5.05. The third kappa shape index (κ3) is 5.20. The number of methoxy groups -OCH3 is 1. The van der Waals surface area contributed by atoms with Gasteiger partial charge in [0.05, 0.1) is 11.5 Å². The van der Waals surface area contributed by atoms with E-state index in [9.17, 15) is 26.4 Å². The first-order chi connectivity index (χ1) is 13.2. The van der Waals surface area contributed by atoms with E-state index in [1.54, 1.807) is 12.1 Å². The second-order valence-electron chi connectivity index (χ2n) is 5.47. The van der Waals surface area contributed by atoms with Crippen molar-refractivity contribution in [3.8, 4) is 5.88 Å². The molecule has 7 nitrogen and oxygen atoms in total. The highest BCUT2D eigenvalue weighted by Gasteiger charge is 2.46. The van der Waals surface area contributed by atoms with Gasteiger partial charge in [0.1, 0.15) is 6.61 Å². The molecule has 1 aromatic heterocycles. The zero-order chi connectivity index (χ0) is 20.8. The number of nitrogens with one attached hydrogen (secondary N) is 1. The van der Waals surface area contributed by atoms with Crippen molar-refractivity contribution in [2.24, 2.45) is 0 Å². The summed E-state index contributed by atoms with van der Waals surface area (Å²) in [6, 6.07) is 6.83. The molecule has 0 aliphatic heterocycles. The Morgan fingerprint density at radius 3 is 2.43 bits per heavy atom. The number of carbonyl (C=O) groups excluding carboxylic acids is 1. The Balaban J connectivity index is 2.05. The van der Waals surface area contributed by atoms with Crippen LogP contribution in [0.15, 0.2) is 47.5 Å². The summed E-state index contributed by atoms with van der Waals surface area (Å²) in [5, 5.41) is 2.57. The monoisotopic (exact) mass is 418 g/mol. The number of ether oxygens (including phenoxy) is 2. The number of hydrogen-bond acceptors (Lipinski definition) is 6. The molecule has 0 fully saturated rings. The highest BCUT2D eigenvalue weighted by atomic mass is 32.2. The Hall–Kier alpha value is -2.66. The van der Waals surface area contributed by atoms with Crippen LogP contribution in [0.4, 0.5) is 13.2 Å². The topological polar surface area (TPSA) is 94.6 Å². The number of hydrogen-bond donors (Lipinski definition) is 1. The largest absolute Gasteiger partial charge is 0.501 e. The minimum atomic E-state index is -5.46. The Morgan fingerprint density at radius 1 is 1.14 bits per heavy atom. The molecule has 0 atom stereocenters. The van der Waals surface area contributed by atoms with E-state index in [0.717, 1.165) is 24.3 Å². The van der Waals surface area contributed by atoms with Crippen molar-refractivity contribution in [1.29, 1.82) is 0 Å². The van der Waals surface area contributed by atoms with Gasteiger partial charge in [-0.15, -0.1) is 0 Å². The van der Waals surface area contributed by atoms with Crippen LogP contribution in [-0.2, 0) is 21.1 Å². The van der Waals surface area contributed by atoms with Crippen molar-refractivity contribution in [2.75, 3.05) is 20.3 Å². The minimum absolute atomic E-state index is 0.00636. The molecule has 0 spiro atoms. The van der Waals surface area contributed by atoms with Gasteiger partial charge in [-0.25, -0.2) is 13.4 Å². The van der Waals surface area contributed by atoms with E-state index in [4.69, 9.17) is 9.47 Å². The number of halogens is 3. The molecule has 0 saturated heterocycles. The number of sulfone groups is 1. The van der Waals surface area contributed by atoms with E-state index in [1.165, 1.54) is 13.3 Å². The van der Waals surface area contributed by atoms with Gasteiger partial charge in [0, 0.05) is 31.0 Å². The molecule has 2 aromatic rings. The number of rotatable bonds is 8. The smallest absolute Gasteiger partial charge is 0.475 e. The minimum Gasteiger partial charge on any atom is -0.475 e. The van der Waals surface area contributed by atoms with Crippen molar-refractivity contribution in [3.63, 3.8) is 0 Å². The third-order valence-electron chi connectivity index (χ3n) is 3.55. The number of alkyl halides is 3. The second-order valence-corrected chi connectivity index (χ2v) is 7.41. The Kier molecular flexibility index (Phi) is 6.97. The van der Waals surface area contributed by atoms with Crippen molar-refractivity contribution in [1.82, 2.24) is 10.3 Å². The average Bonchev–Trinajstić information content (AvgIpc) is 2.66. The molecule has 1 heterocycles.